The molecule has 44 heavy (non-hydrogen) atoms. The molecule has 0 saturated heterocycles. The number of hydrogen-bond donors (Lipinski definition) is 5. The average molecular weight is 608 g/mol. The van der Waals surface area contributed by atoms with Crippen LogP contribution in [0, 0.1) is 24.2 Å². The lowest BCUT2D eigenvalue weighted by Crippen LogP contribution is -2.46. The molecular formula is C33H41N3O8. The number of amides is 3. The number of ketones is 2. The number of hydrogen-bond acceptors (Lipinski definition) is 6. The summed E-state index contributed by atoms with van der Waals surface area (Å²) in [6, 6.07) is 12.6. The Morgan fingerprint density at radius 2 is 1.59 bits per heavy atom. The number of benzene rings is 2. The molecule has 1 unspecified atom stereocenters. The SMILES string of the molecule is CCC(C)[C@H](CC(=O)Cc1ccc(NC(=O)Nc2ccccc2C)cc1)C(=O)N[C@@H](CCC(=O)O)C(=O)CC1(C(=O)O)CC1. The first-order valence-electron chi connectivity index (χ1n) is 14.9. The number of anilines is 2. The number of aryl methyl sites for hydroxylation is 1. The van der Waals surface area contributed by atoms with Crippen LogP contribution in [0.4, 0.5) is 16.2 Å². The third kappa shape index (κ3) is 9.75. The largest absolute Gasteiger partial charge is 0.481 e. The maximum absolute atomic E-state index is 13.4. The van der Waals surface area contributed by atoms with Crippen molar-refractivity contribution in [2.24, 2.45) is 17.3 Å². The van der Waals surface area contributed by atoms with E-state index in [1.165, 1.54) is 0 Å². The molecular weight excluding hydrogens is 566 g/mol. The van der Waals surface area contributed by atoms with Gasteiger partial charge in [-0.2, -0.15) is 0 Å². The van der Waals surface area contributed by atoms with Crippen molar-refractivity contribution in [1.29, 1.82) is 0 Å². The van der Waals surface area contributed by atoms with Crippen molar-refractivity contribution in [3.05, 3.63) is 59.7 Å². The minimum Gasteiger partial charge on any atom is -0.481 e. The summed E-state index contributed by atoms with van der Waals surface area (Å²) in [4.78, 5) is 74.6. The van der Waals surface area contributed by atoms with Gasteiger partial charge in [0.2, 0.25) is 5.91 Å². The molecule has 3 rings (SSSR count). The van der Waals surface area contributed by atoms with Crippen molar-refractivity contribution >= 4 is 46.8 Å². The van der Waals surface area contributed by atoms with Crippen molar-refractivity contribution in [3.8, 4) is 0 Å². The van der Waals surface area contributed by atoms with Gasteiger partial charge >= 0.3 is 18.0 Å². The van der Waals surface area contributed by atoms with Gasteiger partial charge in [-0.3, -0.25) is 24.0 Å². The molecule has 0 heterocycles. The summed E-state index contributed by atoms with van der Waals surface area (Å²) >= 11 is 0. The molecule has 2 aromatic carbocycles. The number of aliphatic carboxylic acids is 2. The highest BCUT2D eigenvalue weighted by atomic mass is 16.4. The Bertz CT molecular complexity index is 1380. The number of para-hydroxylation sites is 1. The zero-order chi connectivity index (χ0) is 32.4. The van der Waals surface area contributed by atoms with Gasteiger partial charge in [-0.1, -0.05) is 50.6 Å². The van der Waals surface area contributed by atoms with Crippen LogP contribution in [0.5, 0.6) is 0 Å². The molecule has 1 fully saturated rings. The van der Waals surface area contributed by atoms with Crippen molar-refractivity contribution in [3.63, 3.8) is 0 Å². The summed E-state index contributed by atoms with van der Waals surface area (Å²) in [6.07, 6.45) is 0.453. The highest BCUT2D eigenvalue weighted by molar-refractivity contribution is 6.00. The van der Waals surface area contributed by atoms with Crippen LogP contribution in [0.2, 0.25) is 0 Å². The first kappa shape index (κ1) is 34.0. The summed E-state index contributed by atoms with van der Waals surface area (Å²) < 4.78 is 0. The second-order valence-corrected chi connectivity index (χ2v) is 11.7. The van der Waals surface area contributed by atoms with E-state index in [-0.39, 0.29) is 43.8 Å². The smallest absolute Gasteiger partial charge is 0.323 e. The fourth-order valence-corrected chi connectivity index (χ4v) is 5.02. The van der Waals surface area contributed by atoms with Gasteiger partial charge in [0.1, 0.15) is 5.78 Å². The molecule has 0 radical (unpaired) electrons. The van der Waals surface area contributed by atoms with Gasteiger partial charge in [-0.05, 0) is 61.4 Å². The standard InChI is InChI=1S/C33H41N3O8/c1-4-20(2)25(30(41)35-27(13-14-29(39)40)28(38)19-33(15-16-33)31(42)43)18-24(37)17-22-9-11-23(12-10-22)34-32(44)36-26-8-6-5-7-21(26)3/h5-12,20,25,27H,4,13-19H2,1-3H3,(H,35,41)(H,39,40)(H,42,43)(H2,34,36,44)/t20?,25-,27-/m0/s1. The van der Waals surface area contributed by atoms with E-state index in [1.807, 2.05) is 39.0 Å². The van der Waals surface area contributed by atoms with Gasteiger partial charge < -0.3 is 26.2 Å². The van der Waals surface area contributed by atoms with Crippen LogP contribution in [-0.4, -0.2) is 51.7 Å². The summed E-state index contributed by atoms with van der Waals surface area (Å²) in [5.41, 5.74) is 1.70. The molecule has 0 aliphatic heterocycles. The number of carbonyl (C=O) groups is 6. The van der Waals surface area contributed by atoms with Gasteiger partial charge in [-0.25, -0.2) is 4.79 Å². The number of carbonyl (C=O) groups excluding carboxylic acids is 4. The van der Waals surface area contributed by atoms with E-state index >= 15 is 0 Å². The fraction of sp³-hybridized carbons (Fsp3) is 0.455. The van der Waals surface area contributed by atoms with Crippen molar-refractivity contribution < 1.29 is 39.0 Å². The number of carboxylic acids is 2. The van der Waals surface area contributed by atoms with Gasteiger partial charge in [-0.15, -0.1) is 0 Å². The Morgan fingerprint density at radius 1 is 0.932 bits per heavy atom. The molecule has 1 saturated carbocycles. The number of nitrogens with one attached hydrogen (secondary N) is 3. The number of carboxylic acid groups (broad SMARTS) is 2. The van der Waals surface area contributed by atoms with E-state index in [4.69, 9.17) is 5.11 Å². The highest BCUT2D eigenvalue weighted by Crippen LogP contribution is 2.49. The molecule has 3 amide bonds. The Labute approximate surface area is 256 Å². The van der Waals surface area contributed by atoms with Gasteiger partial charge in [0.25, 0.3) is 0 Å². The van der Waals surface area contributed by atoms with Gasteiger partial charge in [0, 0.05) is 43.0 Å². The quantitative estimate of drug-likeness (QED) is 0.167. The summed E-state index contributed by atoms with van der Waals surface area (Å²) in [7, 11) is 0. The van der Waals surface area contributed by atoms with Crippen molar-refractivity contribution in [1.82, 2.24) is 5.32 Å². The van der Waals surface area contributed by atoms with E-state index in [0.29, 0.717) is 36.2 Å². The van der Waals surface area contributed by atoms with E-state index < -0.39 is 47.0 Å². The Balaban J connectivity index is 1.61. The number of rotatable bonds is 17. The van der Waals surface area contributed by atoms with E-state index in [0.717, 1.165) is 5.56 Å². The molecule has 236 valence electrons. The molecule has 0 bridgehead atoms. The molecule has 11 heteroatoms. The number of Topliss-reactive ketones (excluding diaryl/α,β-unsaturated/α-hetero) is 2. The van der Waals surface area contributed by atoms with E-state index in [2.05, 4.69) is 16.0 Å². The van der Waals surface area contributed by atoms with Crippen LogP contribution in [0.15, 0.2) is 48.5 Å². The third-order valence-electron chi connectivity index (χ3n) is 8.29. The molecule has 5 N–H and O–H groups in total. The average Bonchev–Trinajstić information content (AvgIpc) is 3.76. The minimum absolute atomic E-state index is 0.0540. The lowest BCUT2D eigenvalue weighted by molar-refractivity contribution is -0.146. The Hall–Kier alpha value is -4.54. The summed E-state index contributed by atoms with van der Waals surface area (Å²) in [6.45, 7) is 5.60. The zero-order valence-corrected chi connectivity index (χ0v) is 25.4. The predicted octanol–water partition coefficient (Wildman–Crippen LogP) is 4.98. The van der Waals surface area contributed by atoms with Crippen LogP contribution in [0.3, 0.4) is 0 Å². The van der Waals surface area contributed by atoms with Crippen LogP contribution in [0.25, 0.3) is 0 Å². The lowest BCUT2D eigenvalue weighted by Gasteiger charge is -2.25. The zero-order valence-electron chi connectivity index (χ0n) is 25.4. The minimum atomic E-state index is -1.15. The van der Waals surface area contributed by atoms with Crippen LogP contribution in [0.1, 0.15) is 69.9 Å². The van der Waals surface area contributed by atoms with Crippen LogP contribution >= 0.6 is 0 Å². The molecule has 0 spiro atoms. The number of urea groups is 1. The van der Waals surface area contributed by atoms with Gasteiger partial charge in [0.15, 0.2) is 5.78 Å². The molecule has 0 aromatic heterocycles. The second kappa shape index (κ2) is 15.3. The monoisotopic (exact) mass is 607 g/mol. The second-order valence-electron chi connectivity index (χ2n) is 11.7. The summed E-state index contributed by atoms with van der Waals surface area (Å²) in [5.74, 6) is -4.43. The van der Waals surface area contributed by atoms with Crippen molar-refractivity contribution in [2.75, 3.05) is 10.6 Å². The first-order chi connectivity index (χ1) is 20.8. The van der Waals surface area contributed by atoms with Crippen molar-refractivity contribution in [2.45, 2.75) is 78.2 Å². The molecule has 11 nitrogen and oxygen atoms in total. The van der Waals surface area contributed by atoms with E-state index in [9.17, 15) is 33.9 Å². The predicted molar refractivity (Wildman–Crippen MR) is 164 cm³/mol. The first-order valence-corrected chi connectivity index (χ1v) is 14.9. The summed E-state index contributed by atoms with van der Waals surface area (Å²) in [5, 5.41) is 26.8. The normalized spacial score (nSPS) is 15.2. The lowest BCUT2D eigenvalue weighted by atomic mass is 9.85. The maximum Gasteiger partial charge on any atom is 0.323 e. The maximum atomic E-state index is 13.4. The van der Waals surface area contributed by atoms with Gasteiger partial charge in [0.05, 0.1) is 11.5 Å². The molecule has 1 aliphatic carbocycles. The topological polar surface area (TPSA) is 179 Å². The Morgan fingerprint density at radius 3 is 2.16 bits per heavy atom. The van der Waals surface area contributed by atoms with Crippen LogP contribution in [-0.2, 0) is 30.4 Å². The Kier molecular flexibility index (Phi) is 11.8. The third-order valence-corrected chi connectivity index (χ3v) is 8.29. The van der Waals surface area contributed by atoms with E-state index in [1.54, 1.807) is 30.3 Å². The molecule has 1 aliphatic rings. The molecule has 2 aromatic rings. The highest BCUT2D eigenvalue weighted by Gasteiger charge is 2.52. The van der Waals surface area contributed by atoms with Crippen LogP contribution < -0.4 is 16.0 Å². The fourth-order valence-electron chi connectivity index (χ4n) is 5.02. The molecule has 3 atom stereocenters.